The molecule has 0 bridgehead atoms. The maximum Gasteiger partial charge on any atom is 0.182 e. The van der Waals surface area contributed by atoms with E-state index in [-0.39, 0.29) is 11.2 Å². The first-order valence-electron chi connectivity index (χ1n) is 11.1. The van der Waals surface area contributed by atoms with Crippen molar-refractivity contribution < 1.29 is 13.9 Å². The quantitative estimate of drug-likeness (QED) is 0.673. The van der Waals surface area contributed by atoms with Gasteiger partial charge in [0.05, 0.1) is 38.3 Å². The van der Waals surface area contributed by atoms with Crippen molar-refractivity contribution in [1.29, 1.82) is 0 Å². The molecule has 2 heterocycles. The monoisotopic (exact) mass is 401 g/mol. The molecule has 0 aromatic carbocycles. The van der Waals surface area contributed by atoms with Crippen molar-refractivity contribution in [3.63, 3.8) is 0 Å². The lowest BCUT2D eigenvalue weighted by atomic mass is 9.86. The predicted octanol–water partition coefficient (Wildman–Crippen LogP) is 4.05. The molecule has 1 saturated heterocycles. The van der Waals surface area contributed by atoms with Crippen LogP contribution in [0.1, 0.15) is 57.7 Å². The van der Waals surface area contributed by atoms with Gasteiger partial charge < -0.3 is 14.4 Å². The third-order valence-electron chi connectivity index (χ3n) is 8.31. The minimum atomic E-state index is -0.364. The van der Waals surface area contributed by atoms with Crippen molar-refractivity contribution >= 4 is 0 Å². The molecule has 4 fully saturated rings. The SMILES string of the molecule is C=C(OC)N1C(COC2CCC3(c4ncc(F)cn4)CC3C2)C(C)C2CCCC21. The van der Waals surface area contributed by atoms with Crippen molar-refractivity contribution in [2.24, 2.45) is 17.8 Å². The van der Waals surface area contributed by atoms with Crippen LogP contribution in [0.2, 0.25) is 0 Å². The van der Waals surface area contributed by atoms with E-state index in [4.69, 9.17) is 9.47 Å². The molecule has 7 unspecified atom stereocenters. The van der Waals surface area contributed by atoms with Gasteiger partial charge in [-0.05, 0) is 62.9 Å². The fourth-order valence-corrected chi connectivity index (χ4v) is 6.61. The summed E-state index contributed by atoms with van der Waals surface area (Å²) in [6, 6.07) is 0.910. The molecule has 0 spiro atoms. The van der Waals surface area contributed by atoms with E-state index in [0.29, 0.717) is 30.0 Å². The van der Waals surface area contributed by atoms with Gasteiger partial charge in [-0.3, -0.25) is 0 Å². The van der Waals surface area contributed by atoms with Gasteiger partial charge in [-0.2, -0.15) is 0 Å². The highest BCUT2D eigenvalue weighted by atomic mass is 19.1. The summed E-state index contributed by atoms with van der Waals surface area (Å²) in [6.07, 6.45) is 11.0. The fraction of sp³-hybridized carbons (Fsp3) is 0.739. The summed E-state index contributed by atoms with van der Waals surface area (Å²) in [5.74, 6) is 3.15. The number of methoxy groups -OCH3 is 1. The van der Waals surface area contributed by atoms with Crippen LogP contribution in [0.5, 0.6) is 0 Å². The van der Waals surface area contributed by atoms with Crippen LogP contribution in [-0.4, -0.2) is 46.8 Å². The van der Waals surface area contributed by atoms with E-state index >= 15 is 0 Å². The van der Waals surface area contributed by atoms with E-state index in [2.05, 4.69) is 28.4 Å². The van der Waals surface area contributed by atoms with Gasteiger partial charge in [-0.15, -0.1) is 0 Å². The van der Waals surface area contributed by atoms with Crippen molar-refractivity contribution in [2.75, 3.05) is 13.7 Å². The number of nitrogens with zero attached hydrogens (tertiary/aromatic N) is 3. The molecule has 5 nitrogen and oxygen atoms in total. The Bertz CT molecular complexity index is 772. The van der Waals surface area contributed by atoms with Crippen LogP contribution in [0.15, 0.2) is 24.9 Å². The Morgan fingerprint density at radius 3 is 2.83 bits per heavy atom. The van der Waals surface area contributed by atoms with E-state index in [1.165, 1.54) is 31.7 Å². The first kappa shape index (κ1) is 19.3. The average molecular weight is 402 g/mol. The number of rotatable bonds is 6. The molecule has 1 aromatic rings. The second-order valence-electron chi connectivity index (χ2n) is 9.61. The van der Waals surface area contributed by atoms with E-state index in [0.717, 1.165) is 49.9 Å². The Labute approximate surface area is 172 Å². The summed E-state index contributed by atoms with van der Waals surface area (Å²) in [5, 5.41) is 0. The van der Waals surface area contributed by atoms with Crippen LogP contribution in [-0.2, 0) is 14.9 Å². The molecule has 3 saturated carbocycles. The minimum absolute atomic E-state index is 0.0710. The summed E-state index contributed by atoms with van der Waals surface area (Å²) in [4.78, 5) is 11.0. The molecule has 0 N–H and O–H groups in total. The van der Waals surface area contributed by atoms with Crippen LogP contribution in [0.4, 0.5) is 4.39 Å². The molecule has 4 aliphatic rings. The molecule has 1 aliphatic heterocycles. The number of likely N-dealkylation sites (tertiary alicyclic amines) is 1. The Morgan fingerprint density at radius 1 is 1.31 bits per heavy atom. The highest BCUT2D eigenvalue weighted by molar-refractivity contribution is 5.24. The van der Waals surface area contributed by atoms with Crippen LogP contribution in [0.25, 0.3) is 0 Å². The molecule has 0 amide bonds. The van der Waals surface area contributed by atoms with Gasteiger partial charge in [0, 0.05) is 11.5 Å². The second-order valence-corrected chi connectivity index (χ2v) is 9.61. The van der Waals surface area contributed by atoms with Crippen molar-refractivity contribution in [1.82, 2.24) is 14.9 Å². The van der Waals surface area contributed by atoms with E-state index in [9.17, 15) is 4.39 Å². The van der Waals surface area contributed by atoms with E-state index in [1.54, 1.807) is 7.11 Å². The lowest BCUT2D eigenvalue weighted by Gasteiger charge is -2.35. The maximum atomic E-state index is 13.2. The number of fused-ring (bicyclic) bond motifs is 2. The van der Waals surface area contributed by atoms with Gasteiger partial charge in [0.2, 0.25) is 0 Å². The summed E-state index contributed by atoms with van der Waals surface area (Å²) in [5.41, 5.74) is 0.0710. The molecule has 3 aliphatic carbocycles. The zero-order valence-electron chi connectivity index (χ0n) is 17.5. The summed E-state index contributed by atoms with van der Waals surface area (Å²) >= 11 is 0. The van der Waals surface area contributed by atoms with Gasteiger partial charge >= 0.3 is 0 Å². The number of hydrogen-bond donors (Lipinski definition) is 0. The largest absolute Gasteiger partial charge is 0.483 e. The Morgan fingerprint density at radius 2 is 2.10 bits per heavy atom. The molecule has 7 atom stereocenters. The number of halogens is 1. The summed E-state index contributed by atoms with van der Waals surface area (Å²) in [6.45, 7) is 7.29. The predicted molar refractivity (Wildman–Crippen MR) is 107 cm³/mol. The standard InChI is InChI=1S/C23H32FN3O2/c1-14-19-5-4-6-20(19)27(15(2)28-3)21(14)13-29-18-7-8-23(10-16(23)9-18)22-25-11-17(24)12-26-22/h11-12,14,16,18-21H,2,4-10,13H2,1,3H3. The van der Waals surface area contributed by atoms with Crippen LogP contribution in [0, 0.1) is 23.6 Å². The topological polar surface area (TPSA) is 47.5 Å². The van der Waals surface area contributed by atoms with Crippen molar-refractivity contribution in [2.45, 2.75) is 75.5 Å². The summed E-state index contributed by atoms with van der Waals surface area (Å²) in [7, 11) is 1.72. The number of ether oxygens (including phenoxy) is 2. The van der Waals surface area contributed by atoms with Gasteiger partial charge in [-0.1, -0.05) is 13.3 Å². The van der Waals surface area contributed by atoms with Gasteiger partial charge in [0.1, 0.15) is 5.82 Å². The van der Waals surface area contributed by atoms with Gasteiger partial charge in [0.25, 0.3) is 0 Å². The molecule has 1 aromatic heterocycles. The number of hydrogen-bond acceptors (Lipinski definition) is 5. The molecular weight excluding hydrogens is 369 g/mol. The van der Waals surface area contributed by atoms with Crippen LogP contribution in [0.3, 0.4) is 0 Å². The van der Waals surface area contributed by atoms with Crippen molar-refractivity contribution in [3.05, 3.63) is 36.5 Å². The third kappa shape index (κ3) is 3.15. The molecule has 0 radical (unpaired) electrons. The lowest BCUT2D eigenvalue weighted by Crippen LogP contribution is -2.41. The van der Waals surface area contributed by atoms with Gasteiger partial charge in [-0.25, -0.2) is 14.4 Å². The third-order valence-corrected chi connectivity index (χ3v) is 8.31. The molecule has 158 valence electrons. The fourth-order valence-electron chi connectivity index (χ4n) is 6.61. The van der Waals surface area contributed by atoms with E-state index < -0.39 is 0 Å². The maximum absolute atomic E-state index is 13.2. The summed E-state index contributed by atoms with van der Waals surface area (Å²) < 4.78 is 25.2. The first-order valence-corrected chi connectivity index (χ1v) is 11.1. The van der Waals surface area contributed by atoms with Crippen LogP contribution >= 0.6 is 0 Å². The highest BCUT2D eigenvalue weighted by Gasteiger charge is 2.60. The number of aromatic nitrogens is 2. The minimum Gasteiger partial charge on any atom is -0.483 e. The Balaban J connectivity index is 1.20. The molecule has 5 rings (SSSR count). The zero-order chi connectivity index (χ0) is 20.2. The second kappa shape index (κ2) is 7.22. The Hall–Kier alpha value is -1.69. The van der Waals surface area contributed by atoms with Gasteiger partial charge in [0.15, 0.2) is 11.7 Å². The smallest absolute Gasteiger partial charge is 0.182 e. The molecule has 29 heavy (non-hydrogen) atoms. The normalized spacial score (nSPS) is 40.4. The molecule has 6 heteroatoms. The Kier molecular flexibility index (Phi) is 4.80. The van der Waals surface area contributed by atoms with E-state index in [1.807, 2.05) is 0 Å². The van der Waals surface area contributed by atoms with Crippen molar-refractivity contribution in [3.8, 4) is 0 Å². The lowest BCUT2D eigenvalue weighted by molar-refractivity contribution is -0.0202. The highest BCUT2D eigenvalue weighted by Crippen LogP contribution is 2.61. The first-order chi connectivity index (χ1) is 14.0. The molecular formula is C23H32FN3O2. The van der Waals surface area contributed by atoms with Crippen LogP contribution < -0.4 is 0 Å². The zero-order valence-corrected chi connectivity index (χ0v) is 17.5. The average Bonchev–Trinajstić information content (AvgIpc) is 3.15.